The number of rotatable bonds is 2. The molecule has 2 atom stereocenters. The van der Waals surface area contributed by atoms with Crippen LogP contribution in [-0.2, 0) is 9.47 Å². The fourth-order valence-corrected chi connectivity index (χ4v) is 1.76. The largest absolute Gasteiger partial charge is 0.509 e. The molecular weight excluding hydrogens is 192 g/mol. The Labute approximate surface area is 89.0 Å². The maximum absolute atomic E-state index is 11.1. The first kappa shape index (κ1) is 10.0. The Morgan fingerprint density at radius 2 is 1.80 bits per heavy atom. The van der Waals surface area contributed by atoms with E-state index in [4.69, 9.17) is 9.47 Å². The summed E-state index contributed by atoms with van der Waals surface area (Å²) in [5.74, 6) is 0.252. The van der Waals surface area contributed by atoms with E-state index in [1.807, 2.05) is 44.2 Å². The maximum atomic E-state index is 11.1. The van der Waals surface area contributed by atoms with E-state index in [1.165, 1.54) is 0 Å². The molecule has 1 aromatic carbocycles. The summed E-state index contributed by atoms with van der Waals surface area (Å²) in [6.45, 7) is 4.03. The molecule has 1 aliphatic heterocycles. The summed E-state index contributed by atoms with van der Waals surface area (Å²) < 4.78 is 10.3. The molecule has 0 aliphatic carbocycles. The van der Waals surface area contributed by atoms with Crippen molar-refractivity contribution in [3.05, 3.63) is 35.9 Å². The van der Waals surface area contributed by atoms with Crippen LogP contribution in [0.4, 0.5) is 4.79 Å². The van der Waals surface area contributed by atoms with Gasteiger partial charge in [0.1, 0.15) is 6.10 Å². The smallest absolute Gasteiger partial charge is 0.426 e. The predicted octanol–water partition coefficient (Wildman–Crippen LogP) is 2.92. The van der Waals surface area contributed by atoms with E-state index >= 15 is 0 Å². The van der Waals surface area contributed by atoms with Gasteiger partial charge in [-0.2, -0.15) is 0 Å². The zero-order chi connectivity index (χ0) is 10.8. The minimum absolute atomic E-state index is 0.181. The molecule has 0 radical (unpaired) electrons. The molecule has 80 valence electrons. The van der Waals surface area contributed by atoms with Crippen LogP contribution in [0.5, 0.6) is 0 Å². The molecule has 1 aliphatic rings. The van der Waals surface area contributed by atoms with Crippen molar-refractivity contribution < 1.29 is 14.3 Å². The highest BCUT2D eigenvalue weighted by molar-refractivity contribution is 5.63. The van der Waals surface area contributed by atoms with Crippen LogP contribution in [0, 0.1) is 5.92 Å². The molecule has 2 rings (SSSR count). The minimum Gasteiger partial charge on any atom is -0.426 e. The second-order valence-electron chi connectivity index (χ2n) is 4.03. The van der Waals surface area contributed by atoms with Gasteiger partial charge in [-0.25, -0.2) is 4.79 Å². The molecule has 1 saturated heterocycles. The van der Waals surface area contributed by atoms with E-state index in [-0.39, 0.29) is 18.1 Å². The maximum Gasteiger partial charge on any atom is 0.509 e. The fourth-order valence-electron chi connectivity index (χ4n) is 1.76. The third-order valence-corrected chi connectivity index (χ3v) is 2.54. The molecule has 1 heterocycles. The first-order chi connectivity index (χ1) is 7.18. The highest BCUT2D eigenvalue weighted by Gasteiger charge is 2.39. The number of carbonyl (C=O) groups is 1. The van der Waals surface area contributed by atoms with Crippen molar-refractivity contribution in [3.8, 4) is 0 Å². The van der Waals surface area contributed by atoms with E-state index in [9.17, 15) is 4.79 Å². The standard InChI is InChI=1S/C12H14O3/c1-8(2)10-11(15-12(13)14-10)9-6-4-3-5-7-9/h3-8,10-11H,1-2H3/t10-,11-/m0/s1. The van der Waals surface area contributed by atoms with Gasteiger partial charge in [-0.3, -0.25) is 0 Å². The van der Waals surface area contributed by atoms with E-state index in [0.717, 1.165) is 5.56 Å². The van der Waals surface area contributed by atoms with Gasteiger partial charge in [0, 0.05) is 0 Å². The number of cyclic esters (lactones) is 2. The van der Waals surface area contributed by atoms with Crippen molar-refractivity contribution in [2.75, 3.05) is 0 Å². The van der Waals surface area contributed by atoms with Crippen LogP contribution in [0.25, 0.3) is 0 Å². The first-order valence-electron chi connectivity index (χ1n) is 5.10. The Balaban J connectivity index is 2.24. The van der Waals surface area contributed by atoms with Gasteiger partial charge < -0.3 is 9.47 Å². The summed E-state index contributed by atoms with van der Waals surface area (Å²) in [6, 6.07) is 9.69. The predicted molar refractivity (Wildman–Crippen MR) is 55.4 cm³/mol. The number of ether oxygens (including phenoxy) is 2. The summed E-state index contributed by atoms with van der Waals surface area (Å²) in [6.07, 6.45) is -1.01. The minimum atomic E-state index is -0.567. The lowest BCUT2D eigenvalue weighted by molar-refractivity contribution is 0.102. The Morgan fingerprint density at radius 3 is 2.40 bits per heavy atom. The number of carbonyl (C=O) groups excluding carboxylic acids is 1. The average Bonchev–Trinajstić information content (AvgIpc) is 2.62. The molecule has 0 amide bonds. The molecule has 15 heavy (non-hydrogen) atoms. The van der Waals surface area contributed by atoms with Crippen LogP contribution in [0.2, 0.25) is 0 Å². The molecule has 0 bridgehead atoms. The fraction of sp³-hybridized carbons (Fsp3) is 0.417. The van der Waals surface area contributed by atoms with E-state index in [2.05, 4.69) is 0 Å². The van der Waals surface area contributed by atoms with E-state index in [1.54, 1.807) is 0 Å². The molecule has 0 unspecified atom stereocenters. The third-order valence-electron chi connectivity index (χ3n) is 2.54. The van der Waals surface area contributed by atoms with Gasteiger partial charge in [-0.05, 0) is 11.5 Å². The summed E-state index contributed by atoms with van der Waals surface area (Å²) in [7, 11) is 0. The quantitative estimate of drug-likeness (QED) is 0.698. The summed E-state index contributed by atoms with van der Waals surface area (Å²) in [4.78, 5) is 11.1. The van der Waals surface area contributed by atoms with Crippen molar-refractivity contribution in [3.63, 3.8) is 0 Å². The van der Waals surface area contributed by atoms with Crippen LogP contribution >= 0.6 is 0 Å². The molecular formula is C12H14O3. The van der Waals surface area contributed by atoms with E-state index in [0.29, 0.717) is 0 Å². The number of hydrogen-bond acceptors (Lipinski definition) is 3. The van der Waals surface area contributed by atoms with Crippen molar-refractivity contribution in [2.45, 2.75) is 26.1 Å². The average molecular weight is 206 g/mol. The zero-order valence-corrected chi connectivity index (χ0v) is 8.84. The third kappa shape index (κ3) is 1.96. The molecule has 0 N–H and O–H groups in total. The Hall–Kier alpha value is -1.51. The highest BCUT2D eigenvalue weighted by Crippen LogP contribution is 2.33. The van der Waals surface area contributed by atoms with Gasteiger partial charge >= 0.3 is 6.16 Å². The molecule has 1 aromatic rings. The summed E-state index contributed by atoms with van der Waals surface area (Å²) >= 11 is 0. The summed E-state index contributed by atoms with van der Waals surface area (Å²) in [5, 5.41) is 0. The Kier molecular flexibility index (Phi) is 2.62. The number of hydrogen-bond donors (Lipinski definition) is 0. The van der Waals surface area contributed by atoms with Crippen molar-refractivity contribution in [2.24, 2.45) is 5.92 Å². The van der Waals surface area contributed by atoms with Crippen LogP contribution < -0.4 is 0 Å². The molecule has 1 fully saturated rings. The normalized spacial score (nSPS) is 25.1. The molecule has 3 nitrogen and oxygen atoms in total. The molecule has 0 aromatic heterocycles. The second kappa shape index (κ2) is 3.93. The lowest BCUT2D eigenvalue weighted by atomic mass is 9.96. The second-order valence-corrected chi connectivity index (χ2v) is 4.03. The SMILES string of the molecule is CC(C)[C@@H]1OC(=O)O[C@H]1c1ccccc1. The Bertz CT molecular complexity index is 345. The highest BCUT2D eigenvalue weighted by atomic mass is 16.8. The van der Waals surface area contributed by atoms with E-state index < -0.39 is 6.16 Å². The van der Waals surface area contributed by atoms with Gasteiger partial charge in [0.15, 0.2) is 6.10 Å². The summed E-state index contributed by atoms with van der Waals surface area (Å²) in [5.41, 5.74) is 0.988. The lowest BCUT2D eigenvalue weighted by Gasteiger charge is -2.18. The first-order valence-corrected chi connectivity index (χ1v) is 5.10. The topological polar surface area (TPSA) is 35.5 Å². The molecule has 0 saturated carbocycles. The van der Waals surface area contributed by atoms with Gasteiger partial charge in [-0.15, -0.1) is 0 Å². The van der Waals surface area contributed by atoms with Crippen molar-refractivity contribution >= 4 is 6.16 Å². The van der Waals surface area contributed by atoms with Gasteiger partial charge in [-0.1, -0.05) is 44.2 Å². The molecule has 0 spiro atoms. The monoisotopic (exact) mass is 206 g/mol. The van der Waals surface area contributed by atoms with Gasteiger partial charge in [0.2, 0.25) is 0 Å². The van der Waals surface area contributed by atoms with Crippen molar-refractivity contribution in [1.82, 2.24) is 0 Å². The van der Waals surface area contributed by atoms with Crippen LogP contribution in [0.3, 0.4) is 0 Å². The van der Waals surface area contributed by atoms with Crippen LogP contribution in [0.15, 0.2) is 30.3 Å². The lowest BCUT2D eigenvalue weighted by Crippen LogP contribution is -2.21. The van der Waals surface area contributed by atoms with Gasteiger partial charge in [0.25, 0.3) is 0 Å². The molecule has 3 heteroatoms. The van der Waals surface area contributed by atoms with Crippen LogP contribution in [0.1, 0.15) is 25.5 Å². The van der Waals surface area contributed by atoms with Crippen LogP contribution in [-0.4, -0.2) is 12.3 Å². The number of benzene rings is 1. The van der Waals surface area contributed by atoms with Gasteiger partial charge in [0.05, 0.1) is 0 Å². The zero-order valence-electron chi connectivity index (χ0n) is 8.84. The Morgan fingerprint density at radius 1 is 1.13 bits per heavy atom. The van der Waals surface area contributed by atoms with Crippen molar-refractivity contribution in [1.29, 1.82) is 0 Å².